The van der Waals surface area contributed by atoms with Gasteiger partial charge in [0.2, 0.25) is 0 Å². The fourth-order valence-electron chi connectivity index (χ4n) is 2.76. The topological polar surface area (TPSA) is 55.2 Å². The van der Waals surface area contributed by atoms with E-state index in [2.05, 4.69) is 5.32 Å². The van der Waals surface area contributed by atoms with Crippen molar-refractivity contribution in [1.29, 1.82) is 0 Å². The van der Waals surface area contributed by atoms with Crippen LogP contribution in [0.2, 0.25) is 0 Å². The van der Waals surface area contributed by atoms with Gasteiger partial charge in [0.1, 0.15) is 0 Å². The maximum Gasteiger partial charge on any atom is 0.391 e. The van der Waals surface area contributed by atoms with Crippen LogP contribution in [0, 0.1) is 23.0 Å². The van der Waals surface area contributed by atoms with Gasteiger partial charge in [0.15, 0.2) is 0 Å². The Balaban J connectivity index is 2.01. The Morgan fingerprint density at radius 3 is 2.38 bits per heavy atom. The van der Waals surface area contributed by atoms with Crippen molar-refractivity contribution in [3.05, 3.63) is 33.9 Å². The summed E-state index contributed by atoms with van der Waals surface area (Å²) in [6.07, 6.45) is -3.06. The molecule has 1 saturated carbocycles. The van der Waals surface area contributed by atoms with Gasteiger partial charge in [-0.15, -0.1) is 0 Å². The summed E-state index contributed by atoms with van der Waals surface area (Å²) in [6.45, 7) is 1.64. The predicted molar refractivity (Wildman–Crippen MR) is 73.3 cm³/mol. The molecule has 1 fully saturated rings. The number of hydrogen-bond acceptors (Lipinski definition) is 3. The molecule has 21 heavy (non-hydrogen) atoms. The van der Waals surface area contributed by atoms with Crippen molar-refractivity contribution in [1.82, 2.24) is 0 Å². The van der Waals surface area contributed by atoms with Crippen LogP contribution >= 0.6 is 0 Å². The van der Waals surface area contributed by atoms with Gasteiger partial charge >= 0.3 is 6.18 Å². The van der Waals surface area contributed by atoms with E-state index in [9.17, 15) is 23.3 Å². The maximum atomic E-state index is 12.6. The minimum Gasteiger partial charge on any atom is -0.382 e. The van der Waals surface area contributed by atoms with Crippen molar-refractivity contribution < 1.29 is 18.1 Å². The van der Waals surface area contributed by atoms with Gasteiger partial charge in [-0.3, -0.25) is 10.1 Å². The number of anilines is 1. The molecule has 0 saturated heterocycles. The lowest BCUT2D eigenvalue weighted by molar-refractivity contribution is -0.385. The summed E-state index contributed by atoms with van der Waals surface area (Å²) in [6, 6.07) is 4.65. The zero-order valence-electron chi connectivity index (χ0n) is 11.6. The van der Waals surface area contributed by atoms with Crippen molar-refractivity contribution in [3.63, 3.8) is 0 Å². The number of nitrogens with one attached hydrogen (secondary N) is 1. The van der Waals surface area contributed by atoms with E-state index in [1.807, 2.05) is 0 Å². The summed E-state index contributed by atoms with van der Waals surface area (Å²) in [4.78, 5) is 10.4. The van der Waals surface area contributed by atoms with Crippen LogP contribution in [0.1, 0.15) is 31.2 Å². The molecule has 0 atom stereocenters. The van der Waals surface area contributed by atoms with Gasteiger partial charge in [-0.1, -0.05) is 6.07 Å². The lowest BCUT2D eigenvalue weighted by Crippen LogP contribution is -2.33. The summed E-state index contributed by atoms with van der Waals surface area (Å²) in [5.74, 6) is -1.22. The molecule has 2 rings (SSSR count). The van der Waals surface area contributed by atoms with Crippen LogP contribution in [-0.2, 0) is 0 Å². The Morgan fingerprint density at radius 1 is 1.24 bits per heavy atom. The van der Waals surface area contributed by atoms with Gasteiger partial charge in [-0.25, -0.2) is 0 Å². The molecular formula is C14H17F3N2O2. The predicted octanol–water partition coefficient (Wildman–Crippen LogP) is 4.44. The molecule has 4 nitrogen and oxygen atoms in total. The number of benzene rings is 1. The van der Waals surface area contributed by atoms with E-state index >= 15 is 0 Å². The first-order valence-electron chi connectivity index (χ1n) is 6.86. The number of nitro groups is 1. The van der Waals surface area contributed by atoms with Gasteiger partial charge < -0.3 is 5.32 Å². The van der Waals surface area contributed by atoms with E-state index in [0.29, 0.717) is 24.1 Å². The minimum atomic E-state index is -4.12. The van der Waals surface area contributed by atoms with Crippen LogP contribution in [-0.4, -0.2) is 17.1 Å². The second-order valence-electron chi connectivity index (χ2n) is 5.44. The zero-order valence-corrected chi connectivity index (χ0v) is 11.6. The Morgan fingerprint density at radius 2 is 1.86 bits per heavy atom. The Labute approximate surface area is 120 Å². The van der Waals surface area contributed by atoms with Crippen molar-refractivity contribution >= 4 is 11.4 Å². The quantitative estimate of drug-likeness (QED) is 0.663. The summed E-state index contributed by atoms with van der Waals surface area (Å²) in [5, 5.41) is 14.0. The summed E-state index contributed by atoms with van der Waals surface area (Å²) in [5.41, 5.74) is 1.16. The first kappa shape index (κ1) is 15.6. The van der Waals surface area contributed by atoms with Crippen LogP contribution in [0.25, 0.3) is 0 Å². The molecule has 0 bridgehead atoms. The highest BCUT2D eigenvalue weighted by Gasteiger charge is 2.41. The molecule has 0 radical (unpaired) electrons. The monoisotopic (exact) mass is 302 g/mol. The highest BCUT2D eigenvalue weighted by Crippen LogP contribution is 2.38. The number of hydrogen-bond donors (Lipinski definition) is 1. The molecule has 0 unspecified atom stereocenters. The molecular weight excluding hydrogens is 285 g/mol. The molecule has 0 aliphatic heterocycles. The van der Waals surface area contributed by atoms with Crippen molar-refractivity contribution in [2.45, 2.75) is 44.8 Å². The number of nitro benzene ring substituents is 1. The normalized spacial score (nSPS) is 22.9. The molecule has 1 aliphatic carbocycles. The summed E-state index contributed by atoms with van der Waals surface area (Å²) in [7, 11) is 0. The van der Waals surface area contributed by atoms with Crippen LogP contribution in [0.4, 0.5) is 24.5 Å². The molecule has 0 amide bonds. The van der Waals surface area contributed by atoms with Crippen LogP contribution in [0.5, 0.6) is 0 Å². The largest absolute Gasteiger partial charge is 0.391 e. The van der Waals surface area contributed by atoms with E-state index in [1.165, 1.54) is 6.07 Å². The molecule has 0 aromatic heterocycles. The number of halogens is 3. The van der Waals surface area contributed by atoms with Gasteiger partial charge in [0, 0.05) is 23.4 Å². The molecule has 116 valence electrons. The van der Waals surface area contributed by atoms with E-state index in [0.717, 1.165) is 0 Å². The third-order valence-electron chi connectivity index (χ3n) is 4.05. The molecule has 1 N–H and O–H groups in total. The number of nitrogens with zero attached hydrogens (tertiary/aromatic N) is 1. The fraction of sp³-hybridized carbons (Fsp3) is 0.571. The van der Waals surface area contributed by atoms with E-state index in [4.69, 9.17) is 0 Å². The molecule has 1 aromatic rings. The van der Waals surface area contributed by atoms with Gasteiger partial charge in [-0.2, -0.15) is 13.2 Å². The van der Waals surface area contributed by atoms with Gasteiger partial charge in [-0.05, 0) is 38.7 Å². The molecule has 1 aliphatic rings. The fourth-order valence-corrected chi connectivity index (χ4v) is 2.76. The Hall–Kier alpha value is -1.79. The number of rotatable bonds is 3. The van der Waals surface area contributed by atoms with Crippen LogP contribution < -0.4 is 5.32 Å². The lowest BCUT2D eigenvalue weighted by Gasteiger charge is -2.31. The lowest BCUT2D eigenvalue weighted by atomic mass is 9.85. The van der Waals surface area contributed by atoms with Gasteiger partial charge in [0.25, 0.3) is 5.69 Å². The smallest absolute Gasteiger partial charge is 0.382 e. The Kier molecular flexibility index (Phi) is 4.39. The van der Waals surface area contributed by atoms with Crippen molar-refractivity contribution in [2.75, 3.05) is 5.32 Å². The van der Waals surface area contributed by atoms with Crippen LogP contribution in [0.3, 0.4) is 0 Å². The maximum absolute atomic E-state index is 12.6. The first-order chi connectivity index (χ1) is 9.79. The summed E-state index contributed by atoms with van der Waals surface area (Å²) >= 11 is 0. The third kappa shape index (κ3) is 3.65. The Bertz CT molecular complexity index is 523. The first-order valence-corrected chi connectivity index (χ1v) is 6.86. The van der Waals surface area contributed by atoms with E-state index in [-0.39, 0.29) is 24.6 Å². The average Bonchev–Trinajstić information content (AvgIpc) is 2.40. The molecule has 7 heteroatoms. The number of alkyl halides is 3. The van der Waals surface area contributed by atoms with Crippen LogP contribution in [0.15, 0.2) is 18.2 Å². The average molecular weight is 302 g/mol. The van der Waals surface area contributed by atoms with E-state index < -0.39 is 17.0 Å². The molecule has 1 aromatic carbocycles. The zero-order chi connectivity index (χ0) is 15.6. The third-order valence-corrected chi connectivity index (χ3v) is 4.05. The minimum absolute atomic E-state index is 0.0176. The summed E-state index contributed by atoms with van der Waals surface area (Å²) < 4.78 is 37.8. The second kappa shape index (κ2) is 5.91. The van der Waals surface area contributed by atoms with E-state index in [1.54, 1.807) is 19.1 Å². The SMILES string of the molecule is Cc1c(NC2CCC(C(F)(F)F)CC2)cccc1[N+](=O)[O-]. The standard InChI is InChI=1S/C14H17F3N2O2/c1-9-12(3-2-4-13(9)19(20)21)18-11-7-5-10(6-8-11)14(15,16)17/h2-4,10-11,18H,5-8H2,1H3. The molecule has 0 spiro atoms. The van der Waals surface area contributed by atoms with Gasteiger partial charge in [0.05, 0.1) is 10.8 Å². The van der Waals surface area contributed by atoms with Crippen molar-refractivity contribution in [2.24, 2.45) is 5.92 Å². The van der Waals surface area contributed by atoms with Crippen molar-refractivity contribution in [3.8, 4) is 0 Å². The second-order valence-corrected chi connectivity index (χ2v) is 5.44. The highest BCUT2D eigenvalue weighted by molar-refractivity contribution is 5.60. The molecule has 0 heterocycles. The highest BCUT2D eigenvalue weighted by atomic mass is 19.4.